The van der Waals surface area contributed by atoms with Crippen molar-refractivity contribution < 1.29 is 13.9 Å². The molecule has 0 bridgehead atoms. The molecule has 18 heavy (non-hydrogen) atoms. The van der Waals surface area contributed by atoms with Crippen LogP contribution in [0.3, 0.4) is 0 Å². The van der Waals surface area contributed by atoms with E-state index in [1.807, 2.05) is 0 Å². The van der Waals surface area contributed by atoms with Gasteiger partial charge in [0.25, 0.3) is 0 Å². The fraction of sp³-hybridized carbons (Fsp3) is 1.00. The summed E-state index contributed by atoms with van der Waals surface area (Å²) in [7, 11) is 4.27. The van der Waals surface area contributed by atoms with Gasteiger partial charge in [0.15, 0.2) is 0 Å². The second kappa shape index (κ2) is 10.9. The third kappa shape index (κ3) is 6.85. The van der Waals surface area contributed by atoms with E-state index >= 15 is 0 Å². The van der Waals surface area contributed by atoms with Gasteiger partial charge in [-0.25, -0.2) is 0 Å². The van der Waals surface area contributed by atoms with E-state index in [9.17, 15) is 0 Å². The quantitative estimate of drug-likeness (QED) is 0.307. The van der Waals surface area contributed by atoms with Gasteiger partial charge in [0, 0.05) is 20.8 Å². The van der Waals surface area contributed by atoms with Gasteiger partial charge >= 0.3 is 0 Å². The SMILES string of the molecule is CCC(CC)(CCCCN(COC)COC)O[SiH3]. The Morgan fingerprint density at radius 3 is 1.94 bits per heavy atom. The normalized spacial score (nSPS) is 12.5. The van der Waals surface area contributed by atoms with Gasteiger partial charge in [-0.2, -0.15) is 0 Å². The van der Waals surface area contributed by atoms with Gasteiger partial charge < -0.3 is 13.9 Å². The zero-order valence-corrected chi connectivity index (χ0v) is 14.8. The molecule has 5 heteroatoms. The maximum atomic E-state index is 5.81. The lowest BCUT2D eigenvalue weighted by atomic mass is 9.91. The van der Waals surface area contributed by atoms with Crippen molar-refractivity contribution in [3.05, 3.63) is 0 Å². The van der Waals surface area contributed by atoms with Crippen molar-refractivity contribution in [1.82, 2.24) is 4.90 Å². The van der Waals surface area contributed by atoms with Gasteiger partial charge in [-0.1, -0.05) is 13.8 Å². The van der Waals surface area contributed by atoms with Crippen LogP contribution in [0.2, 0.25) is 0 Å². The average molecular weight is 277 g/mol. The van der Waals surface area contributed by atoms with Crippen LogP contribution in [0, 0.1) is 0 Å². The third-order valence-corrected chi connectivity index (χ3v) is 4.57. The Morgan fingerprint density at radius 1 is 1.00 bits per heavy atom. The molecule has 0 aromatic heterocycles. The fourth-order valence-electron chi connectivity index (χ4n) is 2.31. The molecule has 0 N–H and O–H groups in total. The van der Waals surface area contributed by atoms with Gasteiger partial charge in [-0.05, 0) is 32.1 Å². The molecule has 0 atom stereocenters. The van der Waals surface area contributed by atoms with E-state index in [1.54, 1.807) is 14.2 Å². The fourth-order valence-corrected chi connectivity index (χ4v) is 3.09. The van der Waals surface area contributed by atoms with Crippen molar-refractivity contribution in [3.8, 4) is 0 Å². The van der Waals surface area contributed by atoms with Gasteiger partial charge in [-0.15, -0.1) is 0 Å². The summed E-state index contributed by atoms with van der Waals surface area (Å²) in [5, 5.41) is 0. The van der Waals surface area contributed by atoms with E-state index in [4.69, 9.17) is 13.9 Å². The Bertz CT molecular complexity index is 175. The predicted octanol–water partition coefficient (Wildman–Crippen LogP) is 1.52. The summed E-state index contributed by atoms with van der Waals surface area (Å²) in [6, 6.07) is 0. The molecule has 0 aliphatic rings. The van der Waals surface area contributed by atoms with Crippen LogP contribution in [0.4, 0.5) is 0 Å². The molecule has 4 nitrogen and oxygen atoms in total. The van der Waals surface area contributed by atoms with Crippen molar-refractivity contribution >= 4 is 10.5 Å². The van der Waals surface area contributed by atoms with Crippen LogP contribution in [0.1, 0.15) is 46.0 Å². The highest BCUT2D eigenvalue weighted by molar-refractivity contribution is 5.98. The van der Waals surface area contributed by atoms with Crippen LogP contribution in [0.5, 0.6) is 0 Å². The van der Waals surface area contributed by atoms with Crippen molar-refractivity contribution in [2.45, 2.75) is 51.6 Å². The molecule has 0 aliphatic heterocycles. The van der Waals surface area contributed by atoms with Crippen molar-refractivity contribution in [1.29, 1.82) is 0 Å². The minimum absolute atomic E-state index is 0.138. The van der Waals surface area contributed by atoms with Crippen LogP contribution < -0.4 is 0 Å². The first-order valence-corrected chi connectivity index (χ1v) is 7.75. The van der Waals surface area contributed by atoms with E-state index in [0.717, 1.165) is 36.3 Å². The van der Waals surface area contributed by atoms with Crippen molar-refractivity contribution in [3.63, 3.8) is 0 Å². The number of rotatable bonds is 12. The topological polar surface area (TPSA) is 30.9 Å². The highest BCUT2D eigenvalue weighted by atomic mass is 28.2. The number of hydrogen-bond acceptors (Lipinski definition) is 4. The maximum absolute atomic E-state index is 5.81. The summed E-state index contributed by atoms with van der Waals surface area (Å²) in [6.45, 7) is 6.74. The number of ether oxygens (including phenoxy) is 2. The minimum atomic E-state index is 0.138. The molecule has 0 saturated carbocycles. The van der Waals surface area contributed by atoms with Gasteiger partial charge in [0.05, 0.1) is 5.60 Å². The molecule has 0 rings (SSSR count). The lowest BCUT2D eigenvalue weighted by Crippen LogP contribution is -2.31. The minimum Gasteiger partial charge on any atom is -0.422 e. The summed E-state index contributed by atoms with van der Waals surface area (Å²) in [6.07, 6.45) is 5.77. The lowest BCUT2D eigenvalue weighted by Gasteiger charge is -2.31. The molecular weight excluding hydrogens is 246 g/mol. The predicted molar refractivity (Wildman–Crippen MR) is 78.6 cm³/mol. The maximum Gasteiger partial charge on any atom is 0.146 e. The zero-order chi connectivity index (χ0) is 13.9. The van der Waals surface area contributed by atoms with E-state index in [2.05, 4.69) is 18.7 Å². The van der Waals surface area contributed by atoms with Gasteiger partial charge in [-0.3, -0.25) is 4.90 Å². The Kier molecular flexibility index (Phi) is 11.0. The first-order chi connectivity index (χ1) is 8.67. The number of hydrogen-bond donors (Lipinski definition) is 0. The second-order valence-electron chi connectivity index (χ2n) is 4.78. The highest BCUT2D eigenvalue weighted by Gasteiger charge is 2.23. The monoisotopic (exact) mass is 277 g/mol. The molecule has 0 aromatic rings. The molecule has 110 valence electrons. The largest absolute Gasteiger partial charge is 0.422 e. The van der Waals surface area contributed by atoms with E-state index in [0.29, 0.717) is 13.5 Å². The van der Waals surface area contributed by atoms with Crippen molar-refractivity contribution in [2.75, 3.05) is 34.2 Å². The summed E-state index contributed by atoms with van der Waals surface area (Å²) in [5.74, 6) is 0. The molecule has 0 aliphatic carbocycles. The van der Waals surface area contributed by atoms with Crippen LogP contribution in [0.15, 0.2) is 0 Å². The standard InChI is InChI=1S/C13H31NO3Si/c1-5-13(6-2,17-18)9-7-8-10-14(11-15-3)12-16-4/h5-12H2,1-4,18H3. The Hall–Kier alpha value is 0.0569. The third-order valence-electron chi connectivity index (χ3n) is 3.70. The molecule has 0 unspecified atom stereocenters. The Labute approximate surface area is 116 Å². The highest BCUT2D eigenvalue weighted by Crippen LogP contribution is 2.25. The molecule has 0 heterocycles. The van der Waals surface area contributed by atoms with Crippen LogP contribution in [0.25, 0.3) is 0 Å². The van der Waals surface area contributed by atoms with Gasteiger partial charge in [0.1, 0.15) is 23.9 Å². The summed E-state index contributed by atoms with van der Waals surface area (Å²) in [5.41, 5.74) is 0.138. The Morgan fingerprint density at radius 2 is 1.56 bits per heavy atom. The molecule has 0 saturated heterocycles. The smallest absolute Gasteiger partial charge is 0.146 e. The van der Waals surface area contributed by atoms with Crippen LogP contribution in [-0.4, -0.2) is 55.2 Å². The summed E-state index contributed by atoms with van der Waals surface area (Å²) < 4.78 is 16.1. The molecule has 0 spiro atoms. The molecular formula is C13H31NO3Si. The average Bonchev–Trinajstić information content (AvgIpc) is 2.40. The molecule has 0 aromatic carbocycles. The summed E-state index contributed by atoms with van der Waals surface area (Å²) in [4.78, 5) is 2.17. The van der Waals surface area contributed by atoms with Crippen LogP contribution in [-0.2, 0) is 13.9 Å². The van der Waals surface area contributed by atoms with E-state index in [-0.39, 0.29) is 5.60 Å². The van der Waals surface area contributed by atoms with Crippen LogP contribution >= 0.6 is 0 Å². The number of nitrogens with zero attached hydrogens (tertiary/aromatic N) is 1. The summed E-state index contributed by atoms with van der Waals surface area (Å²) >= 11 is 0. The van der Waals surface area contributed by atoms with Crippen molar-refractivity contribution in [2.24, 2.45) is 0 Å². The van der Waals surface area contributed by atoms with E-state index < -0.39 is 0 Å². The number of methoxy groups -OCH3 is 2. The molecule has 0 radical (unpaired) electrons. The van der Waals surface area contributed by atoms with E-state index in [1.165, 1.54) is 12.8 Å². The van der Waals surface area contributed by atoms with Gasteiger partial charge in [0.2, 0.25) is 0 Å². The first-order valence-electron chi connectivity index (χ1n) is 6.93. The lowest BCUT2D eigenvalue weighted by molar-refractivity contribution is -0.0154. The Balaban J connectivity index is 3.87. The molecule has 0 amide bonds. The second-order valence-corrected chi connectivity index (χ2v) is 5.19. The molecule has 0 fully saturated rings. The zero-order valence-electron chi connectivity index (χ0n) is 12.8. The number of unbranched alkanes of at least 4 members (excludes halogenated alkanes) is 1. The first kappa shape index (κ1) is 18.1.